The monoisotopic (exact) mass is 1170 g/mol. The van der Waals surface area contributed by atoms with Crippen LogP contribution in [0.5, 0.6) is 0 Å². The number of hydrogen-bond acceptors (Lipinski definition) is 7. The molecule has 8 rings (SSSR count). The van der Waals surface area contributed by atoms with Crippen molar-refractivity contribution in [2.45, 2.75) is 303 Å². The standard InChI is InChI=1S/C43H78O3Si2.C30H46O4/c1-16-41(10,17-2)27-19-18-21-32(3)35-25-26-36-34(22-20-28-42(35,36)11)24-23-33-29-37(45-47(12,13)39(4,5)6)43(31-44-43)38(30-33)46-48(14,15)40(7,8)9;1-5-29(33,6-2)17-8-7-10-21(3)24-14-15-25-23(11-9-16-28(24,25)4)13-12-22-18-26(31)30(20-34-30)27(32)19-22/h18-19,21,24,27,32-33,35-38H,16-17,20,22-23,25-26,28-31H2,1-15H3;7-8,10,12-13,17,21,24-27,31-33H,5-6,9,11,14-16,18-20H2,1-4H3/b21-18+,27-19+,34-24+;10-7+,17-8+,22-12?,23-13+/t32-,33?,35?,36?,37-,38-,42?,43?;21-,24?,25?,26-,27-,28?,30?/m11/s1. The van der Waals surface area contributed by atoms with Crippen molar-refractivity contribution in [2.24, 2.45) is 57.7 Å². The van der Waals surface area contributed by atoms with Gasteiger partial charge in [0.05, 0.1) is 43.2 Å². The summed E-state index contributed by atoms with van der Waals surface area (Å²) >= 11 is 0. The van der Waals surface area contributed by atoms with Gasteiger partial charge in [0.2, 0.25) is 0 Å². The Morgan fingerprint density at radius 1 is 0.610 bits per heavy atom. The van der Waals surface area contributed by atoms with E-state index in [2.05, 4.69) is 171 Å². The molecule has 2 heterocycles. The summed E-state index contributed by atoms with van der Waals surface area (Å²) in [5.41, 5.74) is 3.90. The van der Waals surface area contributed by atoms with Crippen molar-refractivity contribution >= 4 is 16.6 Å². The minimum atomic E-state index is -1.97. The molecule has 6 aliphatic carbocycles. The Kier molecular flexibility index (Phi) is 21.7. The molecule has 7 nitrogen and oxygen atoms in total. The SMILES string of the molecule is CCC(C)(/C=C/C=C/[C@@H](C)C1CCC2/C(=C/CC3C[C@@H](O[Si](C)(C)C(C)(C)C)C4(CO4)[C@H](O[Si](C)(C)C(C)(C)C)C3)CCCC21C)CC.CCC(O)(/C=C/C=C/[C@@H](C)C1CCC2/C(=C/C=C3C[C@@H](O)C4(CO4)[C@H](O)C3)CCCC21C)CC. The van der Waals surface area contributed by atoms with Crippen molar-refractivity contribution in [3.63, 3.8) is 0 Å². The van der Waals surface area contributed by atoms with E-state index in [9.17, 15) is 15.3 Å². The third kappa shape index (κ3) is 14.7. The summed E-state index contributed by atoms with van der Waals surface area (Å²) in [6.07, 6.45) is 45.8. The van der Waals surface area contributed by atoms with Crippen molar-refractivity contribution in [2.75, 3.05) is 13.2 Å². The minimum Gasteiger partial charge on any atom is -0.411 e. The molecule has 0 bridgehead atoms. The highest BCUT2D eigenvalue weighted by atomic mass is 28.4. The van der Waals surface area contributed by atoms with Crippen molar-refractivity contribution in [1.82, 2.24) is 0 Å². The highest BCUT2D eigenvalue weighted by Gasteiger charge is 2.65. The molecule has 82 heavy (non-hydrogen) atoms. The zero-order valence-electron chi connectivity index (χ0n) is 56.0. The number of rotatable bonds is 19. The molecule has 0 amide bonds. The van der Waals surface area contributed by atoms with Gasteiger partial charge in [0, 0.05) is 0 Å². The normalized spacial score (nSPS) is 37.4. The highest BCUT2D eigenvalue weighted by molar-refractivity contribution is 6.74. The molecule has 2 saturated heterocycles. The van der Waals surface area contributed by atoms with Crippen LogP contribution in [0.4, 0.5) is 0 Å². The topological polar surface area (TPSA) is 104 Å². The van der Waals surface area contributed by atoms with E-state index in [-0.39, 0.29) is 27.9 Å². The van der Waals surface area contributed by atoms with Gasteiger partial charge in [0.1, 0.15) is 11.2 Å². The van der Waals surface area contributed by atoms with Gasteiger partial charge < -0.3 is 33.6 Å². The Labute approximate surface area is 505 Å². The molecule has 2 spiro atoms. The minimum absolute atomic E-state index is 0.131. The lowest BCUT2D eigenvalue weighted by atomic mass is 9.61. The Balaban J connectivity index is 0.000000250. The Morgan fingerprint density at radius 2 is 1.05 bits per heavy atom. The van der Waals surface area contributed by atoms with Gasteiger partial charge in [0.25, 0.3) is 0 Å². The molecule has 8 aliphatic rings. The lowest BCUT2D eigenvalue weighted by Gasteiger charge is -2.49. The summed E-state index contributed by atoms with van der Waals surface area (Å²) in [5, 5.41) is 31.7. The molecule has 9 heteroatoms. The van der Waals surface area contributed by atoms with Crippen molar-refractivity contribution in [3.8, 4) is 0 Å². The number of ether oxygens (including phenoxy) is 2. The first-order chi connectivity index (χ1) is 38.2. The quantitative estimate of drug-likeness (QED) is 0.0512. The zero-order valence-corrected chi connectivity index (χ0v) is 58.0. The Morgan fingerprint density at radius 3 is 1.48 bits per heavy atom. The van der Waals surface area contributed by atoms with Gasteiger partial charge in [-0.25, -0.2) is 0 Å². The second-order valence-electron chi connectivity index (χ2n) is 32.1. The number of aliphatic hydroxyl groups is 3. The van der Waals surface area contributed by atoms with Crippen LogP contribution in [0.3, 0.4) is 0 Å². The molecule has 0 aromatic rings. The largest absolute Gasteiger partial charge is 0.411 e. The molecular weight excluding hydrogens is 1040 g/mol. The molecule has 0 aromatic carbocycles. The van der Waals surface area contributed by atoms with Crippen LogP contribution in [-0.2, 0) is 18.3 Å². The van der Waals surface area contributed by atoms with E-state index in [1.165, 1.54) is 70.6 Å². The van der Waals surface area contributed by atoms with Gasteiger partial charge in [-0.15, -0.1) is 0 Å². The smallest absolute Gasteiger partial charge is 0.192 e. The molecule has 0 radical (unpaired) electrons. The van der Waals surface area contributed by atoms with Gasteiger partial charge >= 0.3 is 0 Å². The van der Waals surface area contributed by atoms with Gasteiger partial charge in [-0.3, -0.25) is 0 Å². The first-order valence-corrected chi connectivity index (χ1v) is 39.5. The number of hydrogen-bond donors (Lipinski definition) is 3. The van der Waals surface area contributed by atoms with Gasteiger partial charge in [-0.2, -0.15) is 0 Å². The molecule has 2 aliphatic heterocycles. The zero-order chi connectivity index (χ0) is 60.5. The number of fused-ring (bicyclic) bond motifs is 2. The highest BCUT2D eigenvalue weighted by Crippen LogP contribution is 2.62. The average Bonchev–Trinajstić information content (AvgIpc) is 4.49. The van der Waals surface area contributed by atoms with E-state index in [1.54, 1.807) is 11.1 Å². The molecule has 466 valence electrons. The van der Waals surface area contributed by atoms with Gasteiger partial charge in [-0.1, -0.05) is 187 Å². The van der Waals surface area contributed by atoms with Crippen LogP contribution < -0.4 is 0 Å². The summed E-state index contributed by atoms with van der Waals surface area (Å²) < 4.78 is 26.4. The van der Waals surface area contributed by atoms with Gasteiger partial charge in [0.15, 0.2) is 16.6 Å². The number of aliphatic hydroxyl groups excluding tert-OH is 2. The second kappa shape index (κ2) is 26.2. The maximum absolute atomic E-state index is 10.5. The fourth-order valence-electron chi connectivity index (χ4n) is 16.2. The van der Waals surface area contributed by atoms with Crippen LogP contribution in [0.15, 0.2) is 83.6 Å². The van der Waals surface area contributed by atoms with E-state index >= 15 is 0 Å². The van der Waals surface area contributed by atoms with Crippen LogP contribution in [0.2, 0.25) is 36.3 Å². The first-order valence-electron chi connectivity index (χ1n) is 33.7. The summed E-state index contributed by atoms with van der Waals surface area (Å²) in [6.45, 7) is 46.2. The van der Waals surface area contributed by atoms with Crippen LogP contribution in [0.25, 0.3) is 0 Å². The van der Waals surface area contributed by atoms with E-state index in [1.807, 2.05) is 26.0 Å². The van der Waals surface area contributed by atoms with Gasteiger partial charge in [-0.05, 0) is 216 Å². The van der Waals surface area contributed by atoms with E-state index < -0.39 is 40.0 Å². The van der Waals surface area contributed by atoms with Crippen molar-refractivity contribution < 1.29 is 33.6 Å². The fourth-order valence-corrected chi connectivity index (χ4v) is 18.9. The fraction of sp³-hybridized carbons (Fsp3) is 0.808. The van der Waals surface area contributed by atoms with E-state index in [0.717, 1.165) is 62.5 Å². The van der Waals surface area contributed by atoms with Crippen LogP contribution in [0, 0.1) is 57.7 Å². The molecule has 8 fully saturated rings. The number of epoxide rings is 2. The lowest BCUT2D eigenvalue weighted by Crippen LogP contribution is -2.58. The predicted octanol–water partition coefficient (Wildman–Crippen LogP) is 18.7. The third-order valence-electron chi connectivity index (χ3n) is 25.1. The molecule has 12 atom stereocenters. The maximum atomic E-state index is 10.5. The Hall–Kier alpha value is -1.67. The van der Waals surface area contributed by atoms with E-state index in [0.29, 0.717) is 65.3 Å². The summed E-state index contributed by atoms with van der Waals surface area (Å²) in [5.74, 6) is 4.50. The Bertz CT molecular complexity index is 2280. The molecule has 3 N–H and O–H groups in total. The lowest BCUT2D eigenvalue weighted by molar-refractivity contribution is -0.0516. The summed E-state index contributed by atoms with van der Waals surface area (Å²) in [7, 11) is -3.94. The average molecular weight is 1170 g/mol. The predicted molar refractivity (Wildman–Crippen MR) is 350 cm³/mol. The maximum Gasteiger partial charge on any atom is 0.192 e. The number of allylic oxidation sites excluding steroid dienone is 12. The van der Waals surface area contributed by atoms with Crippen molar-refractivity contribution in [3.05, 3.63) is 83.6 Å². The first kappa shape index (κ1) is 67.8. The molecule has 6 unspecified atom stereocenters. The molecule has 0 aromatic heterocycles. The van der Waals surface area contributed by atoms with Crippen LogP contribution in [0.1, 0.15) is 226 Å². The molecular formula is C73H124O7Si2. The summed E-state index contributed by atoms with van der Waals surface area (Å²) in [4.78, 5) is 0. The van der Waals surface area contributed by atoms with E-state index in [4.69, 9.17) is 18.3 Å². The third-order valence-corrected chi connectivity index (χ3v) is 34.0. The second-order valence-corrected chi connectivity index (χ2v) is 41.7. The van der Waals surface area contributed by atoms with Crippen molar-refractivity contribution in [1.29, 1.82) is 0 Å². The van der Waals surface area contributed by atoms with Crippen LogP contribution >= 0.6 is 0 Å². The van der Waals surface area contributed by atoms with Crippen LogP contribution in [-0.4, -0.2) is 86.4 Å². The molecule has 6 saturated carbocycles. The summed E-state index contributed by atoms with van der Waals surface area (Å²) in [6, 6.07) is 0.